The molecule has 2 rings (SSSR count). The van der Waals surface area contributed by atoms with E-state index in [2.05, 4.69) is 12.2 Å². The summed E-state index contributed by atoms with van der Waals surface area (Å²) in [5, 5.41) is 3.31. The molecular formula is C13H24N2O2. The van der Waals surface area contributed by atoms with E-state index >= 15 is 0 Å². The van der Waals surface area contributed by atoms with Crippen LogP contribution in [0.2, 0.25) is 0 Å². The number of nitrogens with zero attached hydrogens (tertiary/aromatic N) is 1. The van der Waals surface area contributed by atoms with Crippen molar-refractivity contribution in [3.05, 3.63) is 0 Å². The lowest BCUT2D eigenvalue weighted by atomic mass is 10.0. The van der Waals surface area contributed by atoms with Gasteiger partial charge >= 0.3 is 0 Å². The van der Waals surface area contributed by atoms with Crippen LogP contribution in [0.5, 0.6) is 0 Å². The SMILES string of the molecule is CCCCC1NCN(CCC2CCOC2)C1=O. The zero-order valence-electron chi connectivity index (χ0n) is 10.8. The van der Waals surface area contributed by atoms with Crippen LogP contribution < -0.4 is 5.32 Å². The molecular weight excluding hydrogens is 216 g/mol. The summed E-state index contributed by atoms with van der Waals surface area (Å²) in [5.41, 5.74) is 0. The number of rotatable bonds is 6. The Morgan fingerprint density at radius 3 is 3.06 bits per heavy atom. The van der Waals surface area contributed by atoms with E-state index < -0.39 is 0 Å². The van der Waals surface area contributed by atoms with Crippen molar-refractivity contribution in [2.24, 2.45) is 5.92 Å². The van der Waals surface area contributed by atoms with Crippen molar-refractivity contribution < 1.29 is 9.53 Å². The van der Waals surface area contributed by atoms with E-state index in [4.69, 9.17) is 4.74 Å². The number of amides is 1. The van der Waals surface area contributed by atoms with Crippen LogP contribution in [0.25, 0.3) is 0 Å². The van der Waals surface area contributed by atoms with Crippen LogP contribution in [0.3, 0.4) is 0 Å². The summed E-state index contributed by atoms with van der Waals surface area (Å²) in [4.78, 5) is 14.0. The molecule has 1 amide bonds. The molecule has 0 spiro atoms. The van der Waals surface area contributed by atoms with Gasteiger partial charge in [-0.2, -0.15) is 0 Å². The number of hydrogen-bond acceptors (Lipinski definition) is 3. The number of carbonyl (C=O) groups is 1. The van der Waals surface area contributed by atoms with Crippen LogP contribution in [0, 0.1) is 5.92 Å². The molecule has 4 heteroatoms. The molecule has 2 saturated heterocycles. The minimum atomic E-state index is 0.0785. The van der Waals surface area contributed by atoms with Gasteiger partial charge in [0.25, 0.3) is 0 Å². The second kappa shape index (κ2) is 6.36. The van der Waals surface area contributed by atoms with Crippen LogP contribution in [0.4, 0.5) is 0 Å². The third-order valence-electron chi connectivity index (χ3n) is 3.82. The predicted molar refractivity (Wildman–Crippen MR) is 66.6 cm³/mol. The smallest absolute Gasteiger partial charge is 0.240 e. The van der Waals surface area contributed by atoms with Crippen LogP contribution in [-0.4, -0.2) is 43.3 Å². The molecule has 0 aromatic rings. The van der Waals surface area contributed by atoms with Gasteiger partial charge in [-0.3, -0.25) is 10.1 Å². The molecule has 0 aromatic carbocycles. The Balaban J connectivity index is 1.69. The van der Waals surface area contributed by atoms with Crippen molar-refractivity contribution in [1.82, 2.24) is 10.2 Å². The third kappa shape index (κ3) is 3.42. The summed E-state index contributed by atoms with van der Waals surface area (Å²) in [6.45, 7) is 5.57. The second-order valence-electron chi connectivity index (χ2n) is 5.18. The first-order chi connectivity index (χ1) is 8.31. The summed E-state index contributed by atoms with van der Waals surface area (Å²) in [5.74, 6) is 0.967. The van der Waals surface area contributed by atoms with E-state index in [1.54, 1.807) is 0 Å². The minimum Gasteiger partial charge on any atom is -0.381 e. The first kappa shape index (κ1) is 12.8. The second-order valence-corrected chi connectivity index (χ2v) is 5.18. The van der Waals surface area contributed by atoms with Gasteiger partial charge in [0.2, 0.25) is 5.91 Å². The summed E-state index contributed by atoms with van der Waals surface area (Å²) in [6, 6.07) is 0.0785. The van der Waals surface area contributed by atoms with E-state index in [1.807, 2.05) is 4.90 Å². The molecule has 0 bridgehead atoms. The normalized spacial score (nSPS) is 29.2. The van der Waals surface area contributed by atoms with Crippen molar-refractivity contribution in [2.75, 3.05) is 26.4 Å². The van der Waals surface area contributed by atoms with E-state index in [0.717, 1.165) is 58.5 Å². The maximum absolute atomic E-state index is 12.0. The molecule has 0 saturated carbocycles. The van der Waals surface area contributed by atoms with Crippen molar-refractivity contribution in [3.8, 4) is 0 Å². The van der Waals surface area contributed by atoms with E-state index in [-0.39, 0.29) is 6.04 Å². The molecule has 2 heterocycles. The fourth-order valence-electron chi connectivity index (χ4n) is 2.58. The highest BCUT2D eigenvalue weighted by molar-refractivity contribution is 5.83. The van der Waals surface area contributed by atoms with Crippen LogP contribution in [0.15, 0.2) is 0 Å². The number of nitrogens with one attached hydrogen (secondary N) is 1. The van der Waals surface area contributed by atoms with Gasteiger partial charge in [-0.05, 0) is 25.2 Å². The Morgan fingerprint density at radius 1 is 1.47 bits per heavy atom. The van der Waals surface area contributed by atoms with Crippen LogP contribution in [0.1, 0.15) is 39.0 Å². The average molecular weight is 240 g/mol. The van der Waals surface area contributed by atoms with Gasteiger partial charge in [0.1, 0.15) is 0 Å². The van der Waals surface area contributed by atoms with Crippen LogP contribution >= 0.6 is 0 Å². The maximum atomic E-state index is 12.0. The molecule has 2 aliphatic rings. The lowest BCUT2D eigenvalue weighted by Gasteiger charge is -2.17. The van der Waals surface area contributed by atoms with E-state index in [1.165, 1.54) is 0 Å². The number of hydrogen-bond donors (Lipinski definition) is 1. The predicted octanol–water partition coefficient (Wildman–Crippen LogP) is 1.36. The topological polar surface area (TPSA) is 41.6 Å². The lowest BCUT2D eigenvalue weighted by molar-refractivity contribution is -0.129. The molecule has 98 valence electrons. The Labute approximate surface area is 104 Å². The first-order valence-electron chi connectivity index (χ1n) is 6.91. The van der Waals surface area contributed by atoms with E-state index in [0.29, 0.717) is 11.8 Å². The van der Waals surface area contributed by atoms with Crippen molar-refractivity contribution >= 4 is 5.91 Å². The molecule has 17 heavy (non-hydrogen) atoms. The molecule has 2 atom stereocenters. The van der Waals surface area contributed by atoms with Gasteiger partial charge in [0.05, 0.1) is 12.7 Å². The molecule has 0 aliphatic carbocycles. The Bertz CT molecular complexity index is 252. The van der Waals surface area contributed by atoms with Crippen LogP contribution in [-0.2, 0) is 9.53 Å². The van der Waals surface area contributed by atoms with Crippen molar-refractivity contribution in [1.29, 1.82) is 0 Å². The highest BCUT2D eigenvalue weighted by atomic mass is 16.5. The number of unbranched alkanes of at least 4 members (excludes halogenated alkanes) is 1. The van der Waals surface area contributed by atoms with Crippen molar-refractivity contribution in [2.45, 2.75) is 45.1 Å². The van der Waals surface area contributed by atoms with Gasteiger partial charge in [-0.15, -0.1) is 0 Å². The molecule has 2 fully saturated rings. The Morgan fingerprint density at radius 2 is 2.35 bits per heavy atom. The van der Waals surface area contributed by atoms with Gasteiger partial charge in [0.15, 0.2) is 0 Å². The van der Waals surface area contributed by atoms with E-state index in [9.17, 15) is 4.79 Å². The Kier molecular flexibility index (Phi) is 4.80. The van der Waals surface area contributed by atoms with Gasteiger partial charge < -0.3 is 9.64 Å². The highest BCUT2D eigenvalue weighted by Gasteiger charge is 2.30. The van der Waals surface area contributed by atoms with Gasteiger partial charge in [-0.25, -0.2) is 0 Å². The number of ether oxygens (including phenoxy) is 1. The summed E-state index contributed by atoms with van der Waals surface area (Å²) < 4.78 is 5.35. The molecule has 1 N–H and O–H groups in total. The zero-order valence-corrected chi connectivity index (χ0v) is 10.8. The molecule has 0 aromatic heterocycles. The van der Waals surface area contributed by atoms with Crippen molar-refractivity contribution in [3.63, 3.8) is 0 Å². The Hall–Kier alpha value is -0.610. The zero-order chi connectivity index (χ0) is 12.1. The number of carbonyl (C=O) groups excluding carboxylic acids is 1. The van der Waals surface area contributed by atoms with Gasteiger partial charge in [-0.1, -0.05) is 19.8 Å². The van der Waals surface area contributed by atoms with Gasteiger partial charge in [0, 0.05) is 19.8 Å². The molecule has 4 nitrogen and oxygen atoms in total. The fraction of sp³-hybridized carbons (Fsp3) is 0.923. The summed E-state index contributed by atoms with van der Waals surface area (Å²) in [6.07, 6.45) is 5.53. The first-order valence-corrected chi connectivity index (χ1v) is 6.91. The summed E-state index contributed by atoms with van der Waals surface area (Å²) >= 11 is 0. The quantitative estimate of drug-likeness (QED) is 0.762. The standard InChI is InChI=1S/C13H24N2O2/c1-2-3-4-12-13(16)15(10-14-12)7-5-11-6-8-17-9-11/h11-12,14H,2-10H2,1H3. The minimum absolute atomic E-state index is 0.0785. The fourth-order valence-corrected chi connectivity index (χ4v) is 2.58. The maximum Gasteiger partial charge on any atom is 0.240 e. The molecule has 2 aliphatic heterocycles. The lowest BCUT2D eigenvalue weighted by Crippen LogP contribution is -2.31. The highest BCUT2D eigenvalue weighted by Crippen LogP contribution is 2.18. The summed E-state index contributed by atoms with van der Waals surface area (Å²) in [7, 11) is 0. The monoisotopic (exact) mass is 240 g/mol. The average Bonchev–Trinajstić information content (AvgIpc) is 2.95. The largest absolute Gasteiger partial charge is 0.381 e. The molecule has 2 unspecified atom stereocenters. The third-order valence-corrected chi connectivity index (χ3v) is 3.82. The molecule has 0 radical (unpaired) electrons.